The Morgan fingerprint density at radius 3 is 2.67 bits per heavy atom. The fourth-order valence-electron chi connectivity index (χ4n) is 1.58. The number of carboxylic acid groups (broad SMARTS) is 1. The van der Waals surface area contributed by atoms with E-state index in [1.165, 1.54) is 18.4 Å². The first-order valence-electron chi connectivity index (χ1n) is 6.31. The van der Waals surface area contributed by atoms with Crippen LogP contribution in [0.5, 0.6) is 0 Å². The number of nitrogens with one attached hydrogen (secondary N) is 2. The van der Waals surface area contributed by atoms with E-state index in [4.69, 9.17) is 5.11 Å². The van der Waals surface area contributed by atoms with Crippen molar-refractivity contribution in [1.29, 1.82) is 0 Å². The van der Waals surface area contributed by atoms with Gasteiger partial charge in [0.2, 0.25) is 0 Å². The van der Waals surface area contributed by atoms with E-state index in [1.54, 1.807) is 0 Å². The fourth-order valence-corrected chi connectivity index (χ4v) is 2.42. The standard InChI is InChI=1S/C13H18N2O5S/c1-8-5-6-21-10(8)7-14-13(19)15-9(12(17)18)3-4-11(16)20-2/h5-6,9H,3-4,7H2,1-2H3,(H,17,18)(H2,14,15,19)/t9-/m1/s1. The molecule has 2 amide bonds. The molecule has 0 spiro atoms. The van der Waals surface area contributed by atoms with E-state index in [-0.39, 0.29) is 12.8 Å². The molecule has 0 aliphatic rings. The number of thiophene rings is 1. The second kappa shape index (κ2) is 8.25. The molecule has 1 atom stereocenters. The fraction of sp³-hybridized carbons (Fsp3) is 0.462. The number of hydrogen-bond acceptors (Lipinski definition) is 5. The van der Waals surface area contributed by atoms with Gasteiger partial charge < -0.3 is 20.5 Å². The van der Waals surface area contributed by atoms with E-state index in [2.05, 4.69) is 15.4 Å². The van der Waals surface area contributed by atoms with Crippen molar-refractivity contribution in [2.75, 3.05) is 7.11 Å². The van der Waals surface area contributed by atoms with Gasteiger partial charge in [-0.15, -0.1) is 11.3 Å². The Morgan fingerprint density at radius 1 is 1.43 bits per heavy atom. The monoisotopic (exact) mass is 314 g/mol. The molecule has 0 bridgehead atoms. The normalized spacial score (nSPS) is 11.5. The van der Waals surface area contributed by atoms with Crippen LogP contribution in [0.3, 0.4) is 0 Å². The van der Waals surface area contributed by atoms with E-state index in [0.717, 1.165) is 10.4 Å². The molecule has 0 aliphatic heterocycles. The average molecular weight is 314 g/mol. The number of aryl methyl sites for hydroxylation is 1. The highest BCUT2D eigenvalue weighted by molar-refractivity contribution is 7.10. The quantitative estimate of drug-likeness (QED) is 0.657. The summed E-state index contributed by atoms with van der Waals surface area (Å²) in [7, 11) is 1.22. The summed E-state index contributed by atoms with van der Waals surface area (Å²) in [5, 5.41) is 15.8. The molecule has 0 saturated heterocycles. The minimum absolute atomic E-state index is 0.0204. The minimum Gasteiger partial charge on any atom is -0.480 e. The van der Waals surface area contributed by atoms with Gasteiger partial charge in [0.1, 0.15) is 6.04 Å². The van der Waals surface area contributed by atoms with E-state index in [9.17, 15) is 14.4 Å². The maximum absolute atomic E-state index is 11.7. The van der Waals surface area contributed by atoms with Crippen LogP contribution in [0.2, 0.25) is 0 Å². The van der Waals surface area contributed by atoms with Crippen LogP contribution in [0.15, 0.2) is 11.4 Å². The molecule has 7 nitrogen and oxygen atoms in total. The van der Waals surface area contributed by atoms with Crippen molar-refractivity contribution in [2.24, 2.45) is 0 Å². The SMILES string of the molecule is COC(=O)CC[C@@H](NC(=O)NCc1sccc1C)C(=O)O. The molecule has 8 heteroatoms. The third-order valence-electron chi connectivity index (χ3n) is 2.85. The lowest BCUT2D eigenvalue weighted by atomic mass is 10.1. The van der Waals surface area contributed by atoms with Gasteiger partial charge in [0.25, 0.3) is 0 Å². The maximum Gasteiger partial charge on any atom is 0.326 e. The highest BCUT2D eigenvalue weighted by Gasteiger charge is 2.21. The molecule has 0 unspecified atom stereocenters. The Morgan fingerprint density at radius 2 is 2.14 bits per heavy atom. The smallest absolute Gasteiger partial charge is 0.326 e. The summed E-state index contributed by atoms with van der Waals surface area (Å²) in [6.45, 7) is 2.26. The Labute approximate surface area is 126 Å². The number of urea groups is 1. The highest BCUT2D eigenvalue weighted by atomic mass is 32.1. The van der Waals surface area contributed by atoms with Gasteiger partial charge in [0.05, 0.1) is 13.7 Å². The van der Waals surface area contributed by atoms with Crippen LogP contribution in [0.1, 0.15) is 23.3 Å². The molecular weight excluding hydrogens is 296 g/mol. The van der Waals surface area contributed by atoms with Crippen LogP contribution >= 0.6 is 11.3 Å². The van der Waals surface area contributed by atoms with Crippen LogP contribution in [0, 0.1) is 6.92 Å². The zero-order valence-corrected chi connectivity index (χ0v) is 12.7. The number of hydrogen-bond donors (Lipinski definition) is 3. The lowest BCUT2D eigenvalue weighted by Crippen LogP contribution is -2.46. The van der Waals surface area contributed by atoms with Crippen molar-refractivity contribution in [3.63, 3.8) is 0 Å². The third kappa shape index (κ3) is 5.82. The summed E-state index contributed by atoms with van der Waals surface area (Å²) < 4.78 is 4.44. The molecule has 0 fully saturated rings. The molecule has 1 aromatic heterocycles. The number of esters is 1. The lowest BCUT2D eigenvalue weighted by molar-refractivity contribution is -0.142. The Balaban J connectivity index is 2.43. The number of aliphatic carboxylic acids is 1. The van der Waals surface area contributed by atoms with Gasteiger partial charge in [-0.1, -0.05) is 0 Å². The van der Waals surface area contributed by atoms with Crippen molar-refractivity contribution in [2.45, 2.75) is 32.4 Å². The van der Waals surface area contributed by atoms with Crippen molar-refractivity contribution < 1.29 is 24.2 Å². The van der Waals surface area contributed by atoms with Crippen molar-refractivity contribution in [3.8, 4) is 0 Å². The molecule has 21 heavy (non-hydrogen) atoms. The first-order valence-corrected chi connectivity index (χ1v) is 7.19. The highest BCUT2D eigenvalue weighted by Crippen LogP contribution is 2.14. The molecule has 1 heterocycles. The number of rotatable bonds is 7. The van der Waals surface area contributed by atoms with E-state index in [0.29, 0.717) is 6.54 Å². The summed E-state index contributed by atoms with van der Waals surface area (Å²) in [6, 6.07) is 0.226. The Hall–Kier alpha value is -2.09. The van der Waals surface area contributed by atoms with Crippen LogP contribution in [0.25, 0.3) is 0 Å². The topological polar surface area (TPSA) is 105 Å². The van der Waals surface area contributed by atoms with E-state index < -0.39 is 24.0 Å². The number of carbonyl (C=O) groups excluding carboxylic acids is 2. The molecule has 0 radical (unpaired) electrons. The summed E-state index contributed by atoms with van der Waals surface area (Å²) in [5.74, 6) is -1.71. The van der Waals surface area contributed by atoms with Crippen LogP contribution in [0.4, 0.5) is 4.79 Å². The van der Waals surface area contributed by atoms with Crippen molar-refractivity contribution in [3.05, 3.63) is 21.9 Å². The number of ether oxygens (including phenoxy) is 1. The zero-order chi connectivity index (χ0) is 15.8. The Kier molecular flexibility index (Phi) is 6.67. The first-order chi connectivity index (χ1) is 9.93. The molecule has 1 rings (SSSR count). The predicted molar refractivity (Wildman–Crippen MR) is 77.1 cm³/mol. The molecule has 0 aliphatic carbocycles. The third-order valence-corrected chi connectivity index (χ3v) is 3.87. The number of methoxy groups -OCH3 is 1. The molecular formula is C13H18N2O5S. The largest absolute Gasteiger partial charge is 0.480 e. The van der Waals surface area contributed by atoms with Gasteiger partial charge in [0, 0.05) is 11.3 Å². The number of carboxylic acids is 1. The second-order valence-corrected chi connectivity index (χ2v) is 5.36. The minimum atomic E-state index is -1.19. The number of amides is 2. The lowest BCUT2D eigenvalue weighted by Gasteiger charge is -2.14. The van der Waals surface area contributed by atoms with Gasteiger partial charge in [-0.2, -0.15) is 0 Å². The summed E-state index contributed by atoms with van der Waals surface area (Å²) in [5.41, 5.74) is 1.07. The molecule has 0 saturated carbocycles. The van der Waals surface area contributed by atoms with Crippen LogP contribution in [-0.4, -0.2) is 36.2 Å². The first kappa shape index (κ1) is 17.0. The van der Waals surface area contributed by atoms with E-state index >= 15 is 0 Å². The van der Waals surface area contributed by atoms with Gasteiger partial charge in [-0.05, 0) is 30.4 Å². The second-order valence-electron chi connectivity index (χ2n) is 4.36. The van der Waals surface area contributed by atoms with Crippen LogP contribution < -0.4 is 10.6 Å². The molecule has 3 N–H and O–H groups in total. The molecule has 116 valence electrons. The van der Waals surface area contributed by atoms with Gasteiger partial charge in [-0.3, -0.25) is 4.79 Å². The number of carbonyl (C=O) groups is 3. The average Bonchev–Trinajstić information content (AvgIpc) is 2.85. The molecule has 1 aromatic rings. The van der Waals surface area contributed by atoms with Crippen molar-refractivity contribution in [1.82, 2.24) is 10.6 Å². The predicted octanol–water partition coefficient (Wildman–Crippen LogP) is 1.26. The summed E-state index contributed by atoms with van der Waals surface area (Å²) in [6.07, 6.45) is -0.0920. The Bertz CT molecular complexity index is 514. The van der Waals surface area contributed by atoms with E-state index in [1.807, 2.05) is 18.4 Å². The molecule has 0 aromatic carbocycles. The van der Waals surface area contributed by atoms with Gasteiger partial charge >= 0.3 is 18.0 Å². The summed E-state index contributed by atoms with van der Waals surface area (Å²) >= 11 is 1.51. The maximum atomic E-state index is 11.7. The van der Waals surface area contributed by atoms with Crippen molar-refractivity contribution >= 4 is 29.3 Å². The van der Waals surface area contributed by atoms with Crippen LogP contribution in [-0.2, 0) is 20.9 Å². The van der Waals surface area contributed by atoms with Gasteiger partial charge in [-0.25, -0.2) is 9.59 Å². The van der Waals surface area contributed by atoms with Gasteiger partial charge in [0.15, 0.2) is 0 Å². The zero-order valence-electron chi connectivity index (χ0n) is 11.8. The summed E-state index contributed by atoms with van der Waals surface area (Å²) in [4.78, 5) is 34.7.